The van der Waals surface area contributed by atoms with Crippen LogP contribution in [0.25, 0.3) is 0 Å². The maximum absolute atomic E-state index is 13.8. The summed E-state index contributed by atoms with van der Waals surface area (Å²) in [5, 5.41) is 2.84. The number of carbonyl (C=O) groups is 2. The van der Waals surface area contributed by atoms with E-state index in [9.17, 15) is 22.4 Å². The second-order valence-corrected chi connectivity index (χ2v) is 11.1. The van der Waals surface area contributed by atoms with E-state index in [1.165, 1.54) is 45.6 Å². The number of benzene rings is 3. The Morgan fingerprint density at radius 3 is 2.31 bits per heavy atom. The lowest BCUT2D eigenvalue weighted by Gasteiger charge is -2.31. The third-order valence-corrected chi connectivity index (χ3v) is 8.66. The molecule has 0 aromatic heterocycles. The van der Waals surface area contributed by atoms with Crippen LogP contribution in [0.15, 0.2) is 76.1 Å². The Balaban J connectivity index is 1.78. The van der Waals surface area contributed by atoms with E-state index in [1.807, 2.05) is 6.07 Å². The molecule has 1 heterocycles. The van der Waals surface area contributed by atoms with Crippen LogP contribution < -0.4 is 5.32 Å². The van der Waals surface area contributed by atoms with E-state index in [1.54, 1.807) is 38.1 Å². The van der Waals surface area contributed by atoms with Crippen molar-refractivity contribution in [3.63, 3.8) is 0 Å². The van der Waals surface area contributed by atoms with Gasteiger partial charge in [-0.15, -0.1) is 0 Å². The van der Waals surface area contributed by atoms with Gasteiger partial charge < -0.3 is 10.2 Å². The molecule has 1 unspecified atom stereocenters. The molecule has 2 amide bonds. The minimum absolute atomic E-state index is 0.0840. The summed E-state index contributed by atoms with van der Waals surface area (Å²) in [5.41, 5.74) is 2.07. The molecule has 7 nitrogen and oxygen atoms in total. The van der Waals surface area contributed by atoms with Crippen molar-refractivity contribution in [2.24, 2.45) is 0 Å². The van der Waals surface area contributed by atoms with Crippen LogP contribution >= 0.6 is 15.9 Å². The number of anilines is 1. The molecule has 1 aliphatic heterocycles. The number of carbonyl (C=O) groups excluding carboxylic acids is 2. The second-order valence-electron chi connectivity index (χ2n) is 8.28. The molecule has 3 aromatic carbocycles. The first-order valence-electron chi connectivity index (χ1n) is 11.4. The topological polar surface area (TPSA) is 86.8 Å². The Bertz CT molecular complexity index is 1390. The summed E-state index contributed by atoms with van der Waals surface area (Å²) in [4.78, 5) is 28.0. The fraction of sp³-hybridized carbons (Fsp3) is 0.231. The number of nitrogens with one attached hydrogen (secondary N) is 1. The monoisotopic (exact) mass is 573 g/mol. The zero-order chi connectivity index (χ0) is 26.0. The maximum Gasteiger partial charge on any atom is 0.255 e. The summed E-state index contributed by atoms with van der Waals surface area (Å²) >= 11 is 3.46. The summed E-state index contributed by atoms with van der Waals surface area (Å²) in [6.45, 7) is 3.93. The van der Waals surface area contributed by atoms with E-state index >= 15 is 0 Å². The maximum atomic E-state index is 13.8. The molecule has 0 bridgehead atoms. The largest absolute Gasteiger partial charge is 0.324 e. The molecular weight excluding hydrogens is 549 g/mol. The van der Waals surface area contributed by atoms with Gasteiger partial charge in [0.1, 0.15) is 12.4 Å². The van der Waals surface area contributed by atoms with Crippen molar-refractivity contribution in [2.45, 2.75) is 24.8 Å². The van der Waals surface area contributed by atoms with Gasteiger partial charge in [0.25, 0.3) is 5.91 Å². The van der Waals surface area contributed by atoms with Crippen molar-refractivity contribution >= 4 is 43.5 Å². The van der Waals surface area contributed by atoms with Crippen molar-refractivity contribution in [1.29, 1.82) is 0 Å². The molecule has 1 atom stereocenters. The first kappa shape index (κ1) is 26.0. The van der Waals surface area contributed by atoms with E-state index < -0.39 is 27.8 Å². The van der Waals surface area contributed by atoms with Crippen LogP contribution in [-0.2, 0) is 14.8 Å². The molecule has 10 heteroatoms. The third kappa shape index (κ3) is 5.07. The van der Waals surface area contributed by atoms with Gasteiger partial charge in [-0.2, -0.15) is 4.31 Å². The number of rotatable bonds is 6. The predicted molar refractivity (Wildman–Crippen MR) is 139 cm³/mol. The van der Waals surface area contributed by atoms with Crippen LogP contribution in [0.3, 0.4) is 0 Å². The number of hydrogen-bond acceptors (Lipinski definition) is 4. The van der Waals surface area contributed by atoms with E-state index in [2.05, 4.69) is 21.2 Å². The zero-order valence-corrected chi connectivity index (χ0v) is 22.1. The van der Waals surface area contributed by atoms with E-state index in [-0.39, 0.29) is 22.9 Å². The van der Waals surface area contributed by atoms with Crippen LogP contribution in [0, 0.1) is 5.82 Å². The van der Waals surface area contributed by atoms with Crippen LogP contribution in [0.1, 0.15) is 41.4 Å². The molecule has 1 aliphatic rings. The standard InChI is InChI=1S/C26H25BrFN3O4S/c1-3-30(4-2)36(34,35)21-12-7-18(8-13-21)26(33)31-16-24(32)29-23-14-9-19(27)15-22(23)25(31)17-5-10-20(28)11-6-17/h5-15,25H,3-4,16H2,1-2H3,(H,29,32). The van der Waals surface area contributed by atoms with Crippen molar-refractivity contribution < 1.29 is 22.4 Å². The Morgan fingerprint density at radius 2 is 1.69 bits per heavy atom. The number of hydrogen-bond donors (Lipinski definition) is 1. The summed E-state index contributed by atoms with van der Waals surface area (Å²) in [6.07, 6.45) is 0. The molecule has 1 N–H and O–H groups in total. The number of nitrogens with zero attached hydrogens (tertiary/aromatic N) is 2. The van der Waals surface area contributed by atoms with Gasteiger partial charge in [0.2, 0.25) is 15.9 Å². The highest BCUT2D eigenvalue weighted by Crippen LogP contribution is 2.38. The summed E-state index contributed by atoms with van der Waals surface area (Å²) in [7, 11) is -3.68. The Morgan fingerprint density at radius 1 is 1.06 bits per heavy atom. The number of amides is 2. The molecule has 0 saturated heterocycles. The number of fused-ring (bicyclic) bond motifs is 1. The molecule has 0 spiro atoms. The summed E-state index contributed by atoms with van der Waals surface area (Å²) in [5.74, 6) is -1.25. The van der Waals surface area contributed by atoms with Gasteiger partial charge in [0.05, 0.1) is 10.9 Å². The van der Waals surface area contributed by atoms with Crippen LogP contribution in [0.2, 0.25) is 0 Å². The van der Waals surface area contributed by atoms with Crippen LogP contribution in [0.4, 0.5) is 10.1 Å². The van der Waals surface area contributed by atoms with Gasteiger partial charge in [-0.3, -0.25) is 9.59 Å². The van der Waals surface area contributed by atoms with Crippen molar-refractivity contribution in [3.8, 4) is 0 Å². The van der Waals surface area contributed by atoms with Gasteiger partial charge in [-0.1, -0.05) is 41.9 Å². The molecular formula is C26H25BrFN3O4S. The molecule has 0 fully saturated rings. The zero-order valence-electron chi connectivity index (χ0n) is 19.7. The fourth-order valence-electron chi connectivity index (χ4n) is 4.32. The smallest absolute Gasteiger partial charge is 0.255 e. The Kier molecular flexibility index (Phi) is 7.58. The van der Waals surface area contributed by atoms with Gasteiger partial charge in [-0.05, 0) is 60.2 Å². The molecule has 0 radical (unpaired) electrons. The van der Waals surface area contributed by atoms with Gasteiger partial charge in [0, 0.05) is 34.4 Å². The second kappa shape index (κ2) is 10.5. The van der Waals surface area contributed by atoms with Crippen LogP contribution in [0.5, 0.6) is 0 Å². The molecule has 0 aliphatic carbocycles. The van der Waals surface area contributed by atoms with E-state index in [4.69, 9.17) is 0 Å². The minimum atomic E-state index is -3.68. The molecule has 188 valence electrons. The molecule has 0 saturated carbocycles. The molecule has 3 aromatic rings. The predicted octanol–water partition coefficient (Wildman–Crippen LogP) is 4.80. The lowest BCUT2D eigenvalue weighted by atomic mass is 9.95. The first-order chi connectivity index (χ1) is 17.1. The van der Waals surface area contributed by atoms with Crippen molar-refractivity contribution in [2.75, 3.05) is 25.0 Å². The normalized spacial score (nSPS) is 15.9. The number of halogens is 2. The van der Waals surface area contributed by atoms with E-state index in [0.717, 1.165) is 4.47 Å². The Hall–Kier alpha value is -3.08. The average Bonchev–Trinajstić information content (AvgIpc) is 3.00. The fourth-order valence-corrected chi connectivity index (χ4v) is 6.16. The minimum Gasteiger partial charge on any atom is -0.324 e. The number of sulfonamides is 1. The highest BCUT2D eigenvalue weighted by Gasteiger charge is 2.34. The lowest BCUT2D eigenvalue weighted by Crippen LogP contribution is -2.39. The van der Waals surface area contributed by atoms with Crippen LogP contribution in [-0.4, -0.2) is 49.1 Å². The Labute approximate surface area is 218 Å². The van der Waals surface area contributed by atoms with Crippen molar-refractivity contribution in [1.82, 2.24) is 9.21 Å². The third-order valence-electron chi connectivity index (χ3n) is 6.10. The quantitative estimate of drug-likeness (QED) is 0.458. The molecule has 4 rings (SSSR count). The average molecular weight is 574 g/mol. The van der Waals surface area contributed by atoms with Gasteiger partial charge >= 0.3 is 0 Å². The van der Waals surface area contributed by atoms with E-state index in [0.29, 0.717) is 29.9 Å². The highest BCUT2D eigenvalue weighted by atomic mass is 79.9. The summed E-state index contributed by atoms with van der Waals surface area (Å²) < 4.78 is 41.5. The molecule has 36 heavy (non-hydrogen) atoms. The summed E-state index contributed by atoms with van der Waals surface area (Å²) in [6, 6.07) is 16.1. The SMILES string of the molecule is CCN(CC)S(=O)(=O)c1ccc(C(=O)N2CC(=O)Nc3ccc(Br)cc3C2c2ccc(F)cc2)cc1. The highest BCUT2D eigenvalue weighted by molar-refractivity contribution is 9.10. The van der Waals surface area contributed by atoms with Gasteiger partial charge in [0.15, 0.2) is 0 Å². The lowest BCUT2D eigenvalue weighted by molar-refractivity contribution is -0.117. The van der Waals surface area contributed by atoms with Gasteiger partial charge in [-0.25, -0.2) is 12.8 Å². The first-order valence-corrected chi connectivity index (χ1v) is 13.6. The van der Waals surface area contributed by atoms with Crippen molar-refractivity contribution in [3.05, 3.63) is 93.7 Å².